The van der Waals surface area contributed by atoms with Gasteiger partial charge >= 0.3 is 0 Å². The van der Waals surface area contributed by atoms with Crippen LogP contribution in [0.4, 0.5) is 0 Å². The summed E-state index contributed by atoms with van der Waals surface area (Å²) in [6.07, 6.45) is 5.75. The van der Waals surface area contributed by atoms with Gasteiger partial charge in [0, 0.05) is 6.08 Å². The Morgan fingerprint density at radius 2 is 1.68 bits per heavy atom. The SMILES string of the molecule is CC.CC.CCCc1ccccc1/C=C/C(=O)NS(C)(=O)=O. The zero-order valence-corrected chi connectivity index (χ0v) is 15.3. The maximum Gasteiger partial charge on any atom is 0.257 e. The van der Waals surface area contributed by atoms with E-state index in [0.717, 1.165) is 30.2 Å². The lowest BCUT2D eigenvalue weighted by molar-refractivity contribution is -0.114. The summed E-state index contributed by atoms with van der Waals surface area (Å²) in [4.78, 5) is 11.3. The molecule has 0 unspecified atom stereocenters. The van der Waals surface area contributed by atoms with Crippen molar-refractivity contribution in [3.63, 3.8) is 0 Å². The molecule has 1 aromatic carbocycles. The molecule has 0 aliphatic carbocycles. The number of nitrogens with one attached hydrogen (secondary N) is 1. The molecular formula is C17H29NO3S. The standard InChI is InChI=1S/C13H17NO3S.2C2H6/c1-3-6-11-7-4-5-8-12(11)9-10-13(15)14-18(2,16)17;2*1-2/h4-5,7-10H,3,6H2,1-2H3,(H,14,15);2*1-2H3/b10-9+;;. The van der Waals surface area contributed by atoms with Crippen LogP contribution in [0.15, 0.2) is 30.3 Å². The van der Waals surface area contributed by atoms with Crippen LogP contribution in [0.2, 0.25) is 0 Å². The molecule has 0 saturated heterocycles. The molecule has 0 atom stereocenters. The highest BCUT2D eigenvalue weighted by atomic mass is 32.2. The second-order valence-electron chi connectivity index (χ2n) is 4.02. The number of sulfonamides is 1. The summed E-state index contributed by atoms with van der Waals surface area (Å²) in [7, 11) is -3.50. The molecule has 1 N–H and O–H groups in total. The minimum absolute atomic E-state index is 0.635. The molecule has 0 aliphatic rings. The van der Waals surface area contributed by atoms with E-state index in [1.165, 1.54) is 6.08 Å². The zero-order chi connectivity index (χ0) is 17.6. The van der Waals surface area contributed by atoms with E-state index < -0.39 is 15.9 Å². The first-order valence-electron chi connectivity index (χ1n) is 7.70. The highest BCUT2D eigenvalue weighted by Gasteiger charge is 2.04. The third-order valence-corrected chi connectivity index (χ3v) is 2.85. The molecule has 126 valence electrons. The van der Waals surface area contributed by atoms with Crippen LogP contribution in [0.3, 0.4) is 0 Å². The number of hydrogen-bond acceptors (Lipinski definition) is 3. The first-order valence-corrected chi connectivity index (χ1v) is 9.59. The maximum atomic E-state index is 11.3. The number of carbonyl (C=O) groups is 1. The highest BCUT2D eigenvalue weighted by molar-refractivity contribution is 7.89. The van der Waals surface area contributed by atoms with E-state index >= 15 is 0 Å². The molecule has 0 radical (unpaired) electrons. The second-order valence-corrected chi connectivity index (χ2v) is 5.77. The Morgan fingerprint density at radius 1 is 1.14 bits per heavy atom. The Labute approximate surface area is 135 Å². The van der Waals surface area contributed by atoms with Crippen LogP contribution in [-0.2, 0) is 21.2 Å². The van der Waals surface area contributed by atoms with Crippen molar-refractivity contribution in [2.24, 2.45) is 0 Å². The van der Waals surface area contributed by atoms with E-state index in [4.69, 9.17) is 0 Å². The zero-order valence-electron chi connectivity index (χ0n) is 14.5. The van der Waals surface area contributed by atoms with Gasteiger partial charge in [0.2, 0.25) is 10.0 Å². The van der Waals surface area contributed by atoms with Crippen LogP contribution >= 0.6 is 0 Å². The molecule has 0 fully saturated rings. The Balaban J connectivity index is 0. The average molecular weight is 327 g/mol. The Hall–Kier alpha value is -1.62. The molecule has 1 amide bonds. The fraction of sp³-hybridized carbons (Fsp3) is 0.471. The first kappa shape index (κ1) is 22.7. The number of aryl methyl sites for hydroxylation is 1. The number of benzene rings is 1. The van der Waals surface area contributed by atoms with Crippen LogP contribution in [0.1, 0.15) is 52.2 Å². The molecule has 22 heavy (non-hydrogen) atoms. The Bertz CT molecular complexity index is 549. The normalized spacial score (nSPS) is 10.1. The van der Waals surface area contributed by atoms with Gasteiger partial charge in [-0.15, -0.1) is 0 Å². The van der Waals surface area contributed by atoms with Gasteiger partial charge in [0.15, 0.2) is 0 Å². The molecule has 0 aromatic heterocycles. The van der Waals surface area contributed by atoms with Gasteiger partial charge in [-0.2, -0.15) is 0 Å². The number of amides is 1. The van der Waals surface area contributed by atoms with Crippen molar-refractivity contribution in [1.82, 2.24) is 4.72 Å². The minimum atomic E-state index is -3.50. The van der Waals surface area contributed by atoms with E-state index in [-0.39, 0.29) is 0 Å². The monoisotopic (exact) mass is 327 g/mol. The summed E-state index contributed by atoms with van der Waals surface area (Å²) in [6.45, 7) is 10.1. The van der Waals surface area contributed by atoms with Crippen LogP contribution in [0.5, 0.6) is 0 Å². The maximum absolute atomic E-state index is 11.3. The number of rotatable bonds is 5. The molecule has 1 aromatic rings. The summed E-state index contributed by atoms with van der Waals surface area (Å²) >= 11 is 0. The molecule has 1 rings (SSSR count). The van der Waals surface area contributed by atoms with Crippen LogP contribution in [-0.4, -0.2) is 20.6 Å². The van der Waals surface area contributed by atoms with E-state index in [9.17, 15) is 13.2 Å². The fourth-order valence-electron chi connectivity index (χ4n) is 1.58. The molecule has 5 heteroatoms. The third-order valence-electron chi connectivity index (χ3n) is 2.27. The molecule has 0 spiro atoms. The lowest BCUT2D eigenvalue weighted by atomic mass is 10.0. The minimum Gasteiger partial charge on any atom is -0.269 e. The van der Waals surface area contributed by atoms with Gasteiger partial charge in [-0.25, -0.2) is 13.1 Å². The van der Waals surface area contributed by atoms with Gasteiger partial charge < -0.3 is 0 Å². The van der Waals surface area contributed by atoms with Crippen molar-refractivity contribution in [3.05, 3.63) is 41.5 Å². The molecular weight excluding hydrogens is 298 g/mol. The van der Waals surface area contributed by atoms with Gasteiger partial charge in [-0.05, 0) is 23.6 Å². The highest BCUT2D eigenvalue weighted by Crippen LogP contribution is 2.12. The fourth-order valence-corrected chi connectivity index (χ4v) is 2.01. The average Bonchev–Trinajstić information content (AvgIpc) is 2.49. The number of hydrogen-bond donors (Lipinski definition) is 1. The van der Waals surface area contributed by atoms with E-state index in [1.807, 2.05) is 56.7 Å². The van der Waals surface area contributed by atoms with Crippen LogP contribution < -0.4 is 4.72 Å². The van der Waals surface area contributed by atoms with Crippen LogP contribution in [0.25, 0.3) is 6.08 Å². The third kappa shape index (κ3) is 11.1. The summed E-state index contributed by atoms with van der Waals surface area (Å²) in [6, 6.07) is 7.72. The van der Waals surface area contributed by atoms with Gasteiger partial charge in [0.05, 0.1) is 6.26 Å². The van der Waals surface area contributed by atoms with Gasteiger partial charge in [0.25, 0.3) is 5.91 Å². The molecule has 0 saturated carbocycles. The summed E-state index contributed by atoms with van der Waals surface area (Å²) < 4.78 is 23.6. The molecule has 0 heterocycles. The number of carbonyl (C=O) groups excluding carboxylic acids is 1. The van der Waals surface area contributed by atoms with Crippen molar-refractivity contribution >= 4 is 22.0 Å². The van der Waals surface area contributed by atoms with E-state index in [2.05, 4.69) is 6.92 Å². The quantitative estimate of drug-likeness (QED) is 0.837. The van der Waals surface area contributed by atoms with Crippen LogP contribution in [0, 0.1) is 0 Å². The largest absolute Gasteiger partial charge is 0.269 e. The van der Waals surface area contributed by atoms with Crippen molar-refractivity contribution in [3.8, 4) is 0 Å². The lowest BCUT2D eigenvalue weighted by Crippen LogP contribution is -2.27. The predicted octanol–water partition coefficient (Wildman–Crippen LogP) is 3.78. The molecule has 4 nitrogen and oxygen atoms in total. The van der Waals surface area contributed by atoms with Crippen molar-refractivity contribution in [2.75, 3.05) is 6.26 Å². The summed E-state index contributed by atoms with van der Waals surface area (Å²) in [5.41, 5.74) is 2.08. The second kappa shape index (κ2) is 13.1. The van der Waals surface area contributed by atoms with Gasteiger partial charge in [0.1, 0.15) is 0 Å². The van der Waals surface area contributed by atoms with Crippen molar-refractivity contribution in [1.29, 1.82) is 0 Å². The Morgan fingerprint density at radius 3 is 2.18 bits per heavy atom. The first-order chi connectivity index (χ1) is 10.4. The van der Waals surface area contributed by atoms with E-state index in [0.29, 0.717) is 0 Å². The summed E-state index contributed by atoms with van der Waals surface area (Å²) in [5, 5.41) is 0. The van der Waals surface area contributed by atoms with Gasteiger partial charge in [-0.3, -0.25) is 4.79 Å². The smallest absolute Gasteiger partial charge is 0.257 e. The molecule has 0 bridgehead atoms. The van der Waals surface area contributed by atoms with E-state index in [1.54, 1.807) is 6.08 Å². The van der Waals surface area contributed by atoms with Gasteiger partial charge in [-0.1, -0.05) is 65.3 Å². The Kier molecular flexibility index (Phi) is 13.5. The topological polar surface area (TPSA) is 63.2 Å². The van der Waals surface area contributed by atoms with Crippen molar-refractivity contribution in [2.45, 2.75) is 47.5 Å². The molecule has 0 aliphatic heterocycles. The predicted molar refractivity (Wildman–Crippen MR) is 95.2 cm³/mol. The van der Waals surface area contributed by atoms with Crippen molar-refractivity contribution < 1.29 is 13.2 Å². The summed E-state index contributed by atoms with van der Waals surface area (Å²) in [5.74, 6) is -0.635. The lowest BCUT2D eigenvalue weighted by Gasteiger charge is -2.03.